The predicted molar refractivity (Wildman–Crippen MR) is 63.1 cm³/mol. The molecule has 96 valence electrons. The molecule has 0 atom stereocenters. The summed E-state index contributed by atoms with van der Waals surface area (Å²) in [5.41, 5.74) is 0. The van der Waals surface area contributed by atoms with Crippen LogP contribution in [-0.4, -0.2) is 32.9 Å². The second kappa shape index (κ2) is 5.46. The Hall–Kier alpha value is -1.14. The highest BCUT2D eigenvalue weighted by molar-refractivity contribution is 7.89. The van der Waals surface area contributed by atoms with Crippen molar-refractivity contribution in [1.29, 1.82) is 0 Å². The molecule has 0 bridgehead atoms. The number of halogens is 1. The number of nitrogens with zero attached hydrogens (tertiary/aromatic N) is 1. The van der Waals surface area contributed by atoms with E-state index in [4.69, 9.17) is 4.74 Å². The Morgan fingerprint density at radius 1 is 1.29 bits per heavy atom. The molecule has 0 aliphatic carbocycles. The summed E-state index contributed by atoms with van der Waals surface area (Å²) in [6.07, 6.45) is 0. The van der Waals surface area contributed by atoms with Crippen LogP contribution < -0.4 is 4.74 Å². The van der Waals surface area contributed by atoms with Gasteiger partial charge in [0, 0.05) is 13.1 Å². The van der Waals surface area contributed by atoms with Gasteiger partial charge in [-0.25, -0.2) is 12.8 Å². The molecule has 0 heterocycles. The molecule has 0 saturated heterocycles. The molecule has 0 fully saturated rings. The van der Waals surface area contributed by atoms with Crippen LogP contribution in [0.15, 0.2) is 23.1 Å². The lowest BCUT2D eigenvalue weighted by Crippen LogP contribution is -2.30. The number of hydrogen-bond donors (Lipinski definition) is 0. The average molecular weight is 261 g/mol. The fourth-order valence-corrected chi connectivity index (χ4v) is 2.99. The zero-order chi connectivity index (χ0) is 13.1. The Bertz CT molecular complexity index is 483. The smallest absolute Gasteiger partial charge is 0.243 e. The van der Waals surface area contributed by atoms with Gasteiger partial charge in [-0.2, -0.15) is 4.31 Å². The van der Waals surface area contributed by atoms with Gasteiger partial charge in [-0.05, 0) is 18.2 Å². The van der Waals surface area contributed by atoms with Crippen LogP contribution in [0.5, 0.6) is 5.75 Å². The van der Waals surface area contributed by atoms with Crippen LogP contribution in [-0.2, 0) is 10.0 Å². The molecular formula is C11H16FNO3S. The van der Waals surface area contributed by atoms with Crippen molar-refractivity contribution in [3.63, 3.8) is 0 Å². The number of ether oxygens (including phenoxy) is 1. The fourth-order valence-electron chi connectivity index (χ4n) is 1.52. The SMILES string of the molecule is CCN(CC)S(=O)(=O)c1ccc(OC)c(F)c1. The van der Waals surface area contributed by atoms with Crippen LogP contribution in [0.4, 0.5) is 4.39 Å². The van der Waals surface area contributed by atoms with E-state index in [0.29, 0.717) is 13.1 Å². The number of sulfonamides is 1. The second-order valence-corrected chi connectivity index (χ2v) is 5.32. The molecule has 4 nitrogen and oxygen atoms in total. The summed E-state index contributed by atoms with van der Waals surface area (Å²) in [6.45, 7) is 4.18. The van der Waals surface area contributed by atoms with Gasteiger partial charge in [0.15, 0.2) is 11.6 Å². The van der Waals surface area contributed by atoms with Gasteiger partial charge in [0.05, 0.1) is 12.0 Å². The monoisotopic (exact) mass is 261 g/mol. The Balaban J connectivity index is 3.20. The maximum absolute atomic E-state index is 13.4. The highest BCUT2D eigenvalue weighted by Gasteiger charge is 2.22. The van der Waals surface area contributed by atoms with Crippen LogP contribution in [0.2, 0.25) is 0 Å². The summed E-state index contributed by atoms with van der Waals surface area (Å²) < 4.78 is 43.6. The van der Waals surface area contributed by atoms with Crippen molar-refractivity contribution < 1.29 is 17.5 Å². The molecule has 0 aromatic heterocycles. The first kappa shape index (κ1) is 13.9. The molecule has 1 aromatic carbocycles. The summed E-state index contributed by atoms with van der Waals surface area (Å²) in [4.78, 5) is -0.0560. The second-order valence-electron chi connectivity index (χ2n) is 3.39. The maximum atomic E-state index is 13.4. The third-order valence-corrected chi connectivity index (χ3v) is 4.51. The largest absolute Gasteiger partial charge is 0.494 e. The van der Waals surface area contributed by atoms with E-state index in [0.717, 1.165) is 6.07 Å². The van der Waals surface area contributed by atoms with E-state index >= 15 is 0 Å². The summed E-state index contributed by atoms with van der Waals surface area (Å²) >= 11 is 0. The van der Waals surface area contributed by atoms with Crippen molar-refractivity contribution >= 4 is 10.0 Å². The molecule has 1 rings (SSSR count). The maximum Gasteiger partial charge on any atom is 0.243 e. The minimum atomic E-state index is -3.61. The Morgan fingerprint density at radius 2 is 1.88 bits per heavy atom. The molecular weight excluding hydrogens is 245 g/mol. The van der Waals surface area contributed by atoms with Crippen molar-refractivity contribution in [1.82, 2.24) is 4.31 Å². The van der Waals surface area contributed by atoms with Crippen LogP contribution in [0, 0.1) is 5.82 Å². The van der Waals surface area contributed by atoms with E-state index in [1.807, 2.05) is 0 Å². The van der Waals surface area contributed by atoms with Crippen molar-refractivity contribution in [3.8, 4) is 5.75 Å². The predicted octanol–water partition coefficient (Wildman–Crippen LogP) is 1.86. The summed E-state index contributed by atoms with van der Waals surface area (Å²) in [7, 11) is -2.28. The van der Waals surface area contributed by atoms with E-state index in [-0.39, 0.29) is 10.6 Å². The summed E-state index contributed by atoms with van der Waals surface area (Å²) in [5, 5.41) is 0. The molecule has 6 heteroatoms. The van der Waals surface area contributed by atoms with E-state index in [1.165, 1.54) is 23.5 Å². The molecule has 0 amide bonds. The van der Waals surface area contributed by atoms with Crippen molar-refractivity contribution in [3.05, 3.63) is 24.0 Å². The lowest BCUT2D eigenvalue weighted by atomic mass is 10.3. The summed E-state index contributed by atoms with van der Waals surface area (Å²) in [5.74, 6) is -0.649. The third kappa shape index (κ3) is 2.76. The highest BCUT2D eigenvalue weighted by atomic mass is 32.2. The Morgan fingerprint density at radius 3 is 2.29 bits per heavy atom. The minimum absolute atomic E-state index is 0.0310. The molecule has 0 aliphatic rings. The highest BCUT2D eigenvalue weighted by Crippen LogP contribution is 2.22. The first-order valence-corrected chi connectivity index (χ1v) is 6.75. The van der Waals surface area contributed by atoms with Crippen LogP contribution in [0.3, 0.4) is 0 Å². The standard InChI is InChI=1S/C11H16FNO3S/c1-4-13(5-2)17(14,15)9-6-7-11(16-3)10(12)8-9/h6-8H,4-5H2,1-3H3. The Labute approximate surface area is 101 Å². The first-order valence-electron chi connectivity index (χ1n) is 5.31. The van der Waals surface area contributed by atoms with E-state index < -0.39 is 15.8 Å². The molecule has 0 N–H and O–H groups in total. The van der Waals surface area contributed by atoms with Gasteiger partial charge in [-0.15, -0.1) is 0 Å². The van der Waals surface area contributed by atoms with Crippen molar-refractivity contribution in [2.75, 3.05) is 20.2 Å². The van der Waals surface area contributed by atoms with Gasteiger partial charge in [0.1, 0.15) is 0 Å². The topological polar surface area (TPSA) is 46.6 Å². The van der Waals surface area contributed by atoms with Gasteiger partial charge in [-0.1, -0.05) is 13.8 Å². The minimum Gasteiger partial charge on any atom is -0.494 e. The molecule has 17 heavy (non-hydrogen) atoms. The third-order valence-electron chi connectivity index (χ3n) is 2.47. The number of rotatable bonds is 5. The number of benzene rings is 1. The van der Waals surface area contributed by atoms with E-state index in [1.54, 1.807) is 13.8 Å². The lowest BCUT2D eigenvalue weighted by molar-refractivity contribution is 0.385. The molecule has 0 saturated carbocycles. The molecule has 0 unspecified atom stereocenters. The van der Waals surface area contributed by atoms with Crippen molar-refractivity contribution in [2.24, 2.45) is 0 Å². The molecule has 0 spiro atoms. The van der Waals surface area contributed by atoms with Crippen molar-refractivity contribution in [2.45, 2.75) is 18.7 Å². The lowest BCUT2D eigenvalue weighted by Gasteiger charge is -2.18. The van der Waals surface area contributed by atoms with E-state index in [2.05, 4.69) is 0 Å². The quantitative estimate of drug-likeness (QED) is 0.813. The van der Waals surface area contributed by atoms with Gasteiger partial charge in [0.2, 0.25) is 10.0 Å². The fraction of sp³-hybridized carbons (Fsp3) is 0.455. The van der Waals surface area contributed by atoms with E-state index in [9.17, 15) is 12.8 Å². The van der Waals surface area contributed by atoms with Gasteiger partial charge >= 0.3 is 0 Å². The number of methoxy groups -OCH3 is 1. The Kier molecular flexibility index (Phi) is 4.47. The first-order chi connectivity index (χ1) is 7.97. The summed E-state index contributed by atoms with van der Waals surface area (Å²) in [6, 6.07) is 3.63. The van der Waals surface area contributed by atoms with Gasteiger partial charge < -0.3 is 4.74 Å². The van der Waals surface area contributed by atoms with Crippen LogP contribution in [0.25, 0.3) is 0 Å². The van der Waals surface area contributed by atoms with Gasteiger partial charge in [-0.3, -0.25) is 0 Å². The molecule has 0 aliphatic heterocycles. The van der Waals surface area contributed by atoms with Gasteiger partial charge in [0.25, 0.3) is 0 Å². The zero-order valence-electron chi connectivity index (χ0n) is 10.1. The van der Waals surface area contributed by atoms with Crippen LogP contribution >= 0.6 is 0 Å². The molecule has 1 aromatic rings. The number of hydrogen-bond acceptors (Lipinski definition) is 3. The average Bonchev–Trinajstić information content (AvgIpc) is 2.30. The molecule has 0 radical (unpaired) electrons. The zero-order valence-corrected chi connectivity index (χ0v) is 10.9. The normalized spacial score (nSPS) is 11.8. The van der Waals surface area contributed by atoms with Crippen LogP contribution in [0.1, 0.15) is 13.8 Å².